The van der Waals surface area contributed by atoms with E-state index in [1.807, 2.05) is 43.6 Å². The molecule has 112 valence electrons. The van der Waals surface area contributed by atoms with E-state index < -0.39 is 0 Å². The number of likely N-dealkylation sites (N-methyl/N-ethyl adjacent to an activating group) is 1. The molecule has 0 aliphatic rings. The van der Waals surface area contributed by atoms with Gasteiger partial charge < -0.3 is 14.8 Å². The standard InChI is InChI=1S/C16H19ClN2O2/c1-18-14(8-11-4-7-16(21-3)19-10-11)13-9-12(17)5-6-15(13)20-2/h4-7,9-10,14,18H,8H2,1-3H3. The van der Waals surface area contributed by atoms with Crippen LogP contribution in [-0.2, 0) is 6.42 Å². The molecule has 1 heterocycles. The Morgan fingerprint density at radius 2 is 2.00 bits per heavy atom. The Kier molecular flexibility index (Phi) is 5.42. The molecule has 0 amide bonds. The number of pyridine rings is 1. The van der Waals surface area contributed by atoms with E-state index in [1.165, 1.54) is 0 Å². The van der Waals surface area contributed by atoms with Crippen molar-refractivity contribution in [3.63, 3.8) is 0 Å². The highest BCUT2D eigenvalue weighted by Crippen LogP contribution is 2.30. The zero-order valence-electron chi connectivity index (χ0n) is 12.4. The average Bonchev–Trinajstić information content (AvgIpc) is 2.53. The third-order valence-electron chi connectivity index (χ3n) is 3.36. The van der Waals surface area contributed by atoms with Crippen LogP contribution in [0, 0.1) is 0 Å². The molecule has 21 heavy (non-hydrogen) atoms. The van der Waals surface area contributed by atoms with E-state index in [-0.39, 0.29) is 6.04 Å². The lowest BCUT2D eigenvalue weighted by Crippen LogP contribution is -2.19. The van der Waals surface area contributed by atoms with Gasteiger partial charge in [0.25, 0.3) is 0 Å². The molecule has 0 radical (unpaired) electrons. The first-order chi connectivity index (χ1) is 10.2. The summed E-state index contributed by atoms with van der Waals surface area (Å²) in [6, 6.07) is 9.59. The number of halogens is 1. The molecule has 0 bridgehead atoms. The minimum Gasteiger partial charge on any atom is -0.496 e. The number of rotatable bonds is 6. The summed E-state index contributed by atoms with van der Waals surface area (Å²) in [5, 5.41) is 3.99. The minimum absolute atomic E-state index is 0.0915. The van der Waals surface area contributed by atoms with Crippen molar-refractivity contribution in [2.45, 2.75) is 12.5 Å². The summed E-state index contributed by atoms with van der Waals surface area (Å²) in [4.78, 5) is 4.23. The number of nitrogens with one attached hydrogen (secondary N) is 1. The molecule has 1 atom stereocenters. The van der Waals surface area contributed by atoms with Crippen LogP contribution in [0.4, 0.5) is 0 Å². The molecule has 2 rings (SSSR count). The Morgan fingerprint density at radius 3 is 2.57 bits per heavy atom. The van der Waals surface area contributed by atoms with E-state index in [4.69, 9.17) is 21.1 Å². The Balaban J connectivity index is 2.24. The van der Waals surface area contributed by atoms with Gasteiger partial charge in [-0.05, 0) is 37.2 Å². The van der Waals surface area contributed by atoms with Crippen molar-refractivity contribution in [1.82, 2.24) is 10.3 Å². The zero-order chi connectivity index (χ0) is 15.2. The normalized spacial score (nSPS) is 12.0. The number of hydrogen-bond acceptors (Lipinski definition) is 4. The second kappa shape index (κ2) is 7.29. The first-order valence-electron chi connectivity index (χ1n) is 6.67. The van der Waals surface area contributed by atoms with Crippen LogP contribution in [0.1, 0.15) is 17.2 Å². The summed E-state index contributed by atoms with van der Waals surface area (Å²) in [5.74, 6) is 1.43. The van der Waals surface area contributed by atoms with Crippen molar-refractivity contribution < 1.29 is 9.47 Å². The van der Waals surface area contributed by atoms with Gasteiger partial charge in [-0.3, -0.25) is 0 Å². The van der Waals surface area contributed by atoms with E-state index in [0.29, 0.717) is 10.9 Å². The third-order valence-corrected chi connectivity index (χ3v) is 3.60. The van der Waals surface area contributed by atoms with Crippen LogP contribution < -0.4 is 14.8 Å². The van der Waals surface area contributed by atoms with Gasteiger partial charge in [0.2, 0.25) is 5.88 Å². The van der Waals surface area contributed by atoms with Crippen LogP contribution in [0.25, 0.3) is 0 Å². The van der Waals surface area contributed by atoms with Gasteiger partial charge in [0.1, 0.15) is 5.75 Å². The zero-order valence-corrected chi connectivity index (χ0v) is 13.1. The molecule has 0 fully saturated rings. The van der Waals surface area contributed by atoms with Gasteiger partial charge in [0.05, 0.1) is 14.2 Å². The summed E-state index contributed by atoms with van der Waals surface area (Å²) in [6.07, 6.45) is 2.60. The van der Waals surface area contributed by atoms with Crippen LogP contribution in [0.5, 0.6) is 11.6 Å². The SMILES string of the molecule is CNC(Cc1ccc(OC)nc1)c1cc(Cl)ccc1OC. The summed E-state index contributed by atoms with van der Waals surface area (Å²) in [6.45, 7) is 0. The molecule has 1 aromatic heterocycles. The number of nitrogens with zero attached hydrogens (tertiary/aromatic N) is 1. The molecule has 4 nitrogen and oxygen atoms in total. The third kappa shape index (κ3) is 3.86. The second-order valence-corrected chi connectivity index (χ2v) is 5.08. The fourth-order valence-electron chi connectivity index (χ4n) is 2.23. The molecule has 0 saturated carbocycles. The van der Waals surface area contributed by atoms with Crippen LogP contribution in [0.2, 0.25) is 5.02 Å². The second-order valence-electron chi connectivity index (χ2n) is 4.64. The molecule has 0 aliphatic heterocycles. The average molecular weight is 307 g/mol. The topological polar surface area (TPSA) is 43.4 Å². The van der Waals surface area contributed by atoms with Crippen LogP contribution in [0.3, 0.4) is 0 Å². The summed E-state index contributed by atoms with van der Waals surface area (Å²) in [5.41, 5.74) is 2.14. The highest BCUT2D eigenvalue weighted by atomic mass is 35.5. The maximum atomic E-state index is 6.11. The number of methoxy groups -OCH3 is 2. The fraction of sp³-hybridized carbons (Fsp3) is 0.312. The highest BCUT2D eigenvalue weighted by molar-refractivity contribution is 6.30. The summed E-state index contributed by atoms with van der Waals surface area (Å²) in [7, 11) is 5.19. The largest absolute Gasteiger partial charge is 0.496 e. The van der Waals surface area contributed by atoms with Gasteiger partial charge in [0.15, 0.2) is 0 Å². The number of hydrogen-bond donors (Lipinski definition) is 1. The predicted molar refractivity (Wildman–Crippen MR) is 84.3 cm³/mol. The van der Waals surface area contributed by atoms with Gasteiger partial charge in [0, 0.05) is 28.9 Å². The monoisotopic (exact) mass is 306 g/mol. The minimum atomic E-state index is 0.0915. The van der Waals surface area contributed by atoms with Crippen molar-refractivity contribution in [1.29, 1.82) is 0 Å². The molecule has 2 aromatic rings. The first-order valence-corrected chi connectivity index (χ1v) is 7.05. The van der Waals surface area contributed by atoms with Gasteiger partial charge >= 0.3 is 0 Å². The lowest BCUT2D eigenvalue weighted by molar-refractivity contribution is 0.396. The molecule has 1 aromatic carbocycles. The molecule has 0 aliphatic carbocycles. The maximum absolute atomic E-state index is 6.11. The van der Waals surface area contributed by atoms with E-state index in [9.17, 15) is 0 Å². The van der Waals surface area contributed by atoms with Crippen molar-refractivity contribution >= 4 is 11.6 Å². The Labute approximate surface area is 130 Å². The predicted octanol–water partition coefficient (Wildman–Crippen LogP) is 3.26. The van der Waals surface area contributed by atoms with Crippen molar-refractivity contribution in [3.8, 4) is 11.6 Å². The Bertz CT molecular complexity index is 587. The van der Waals surface area contributed by atoms with E-state index in [0.717, 1.165) is 23.3 Å². The van der Waals surface area contributed by atoms with Crippen LogP contribution in [-0.4, -0.2) is 26.3 Å². The van der Waals surface area contributed by atoms with E-state index in [2.05, 4.69) is 10.3 Å². The van der Waals surface area contributed by atoms with E-state index in [1.54, 1.807) is 14.2 Å². The molecular formula is C16H19ClN2O2. The van der Waals surface area contributed by atoms with Gasteiger partial charge in [-0.1, -0.05) is 17.7 Å². The number of ether oxygens (including phenoxy) is 2. The van der Waals surface area contributed by atoms with E-state index >= 15 is 0 Å². The van der Waals surface area contributed by atoms with Gasteiger partial charge in [-0.15, -0.1) is 0 Å². The molecule has 1 N–H and O–H groups in total. The van der Waals surface area contributed by atoms with Gasteiger partial charge in [-0.25, -0.2) is 4.98 Å². The molecule has 0 saturated heterocycles. The molecule has 1 unspecified atom stereocenters. The summed E-state index contributed by atoms with van der Waals surface area (Å²) < 4.78 is 10.5. The molecular weight excluding hydrogens is 288 g/mol. The fourth-order valence-corrected chi connectivity index (χ4v) is 2.41. The smallest absolute Gasteiger partial charge is 0.212 e. The van der Waals surface area contributed by atoms with Crippen molar-refractivity contribution in [2.24, 2.45) is 0 Å². The van der Waals surface area contributed by atoms with Crippen molar-refractivity contribution in [2.75, 3.05) is 21.3 Å². The lowest BCUT2D eigenvalue weighted by atomic mass is 9.99. The van der Waals surface area contributed by atoms with Crippen LogP contribution >= 0.6 is 11.6 Å². The maximum Gasteiger partial charge on any atom is 0.212 e. The molecule has 0 spiro atoms. The first kappa shape index (κ1) is 15.6. The summed E-state index contributed by atoms with van der Waals surface area (Å²) >= 11 is 6.11. The molecule has 5 heteroatoms. The van der Waals surface area contributed by atoms with Crippen LogP contribution in [0.15, 0.2) is 36.5 Å². The number of aromatic nitrogens is 1. The quantitative estimate of drug-likeness (QED) is 0.889. The van der Waals surface area contributed by atoms with Gasteiger partial charge in [-0.2, -0.15) is 0 Å². The Morgan fingerprint density at radius 1 is 1.19 bits per heavy atom. The Hall–Kier alpha value is -1.78. The lowest BCUT2D eigenvalue weighted by Gasteiger charge is -2.19. The highest BCUT2D eigenvalue weighted by Gasteiger charge is 2.16. The van der Waals surface area contributed by atoms with Crippen molar-refractivity contribution in [3.05, 3.63) is 52.7 Å². The number of benzene rings is 1.